The summed E-state index contributed by atoms with van der Waals surface area (Å²) in [6.45, 7) is 82.9. The van der Waals surface area contributed by atoms with Crippen LogP contribution in [0.15, 0.2) is 48.5 Å². The largest absolute Gasteiger partial charge is 4.00 e. The Balaban J connectivity index is -0.000000420. The molecule has 0 saturated heterocycles. The van der Waals surface area contributed by atoms with E-state index in [1.165, 1.54) is 66.8 Å². The van der Waals surface area contributed by atoms with Crippen molar-refractivity contribution in [3.05, 3.63) is 115 Å². The Bertz CT molecular complexity index is 1750. The molecule has 0 spiro atoms. The van der Waals surface area contributed by atoms with Crippen LogP contribution in [-0.4, -0.2) is 0 Å². The molecule has 0 heterocycles. The molecule has 0 unspecified atom stereocenters. The van der Waals surface area contributed by atoms with Gasteiger partial charge in [-0.25, -0.2) is 24.3 Å². The Kier molecular flexibility index (Phi) is 29.0. The van der Waals surface area contributed by atoms with Gasteiger partial charge in [0.1, 0.15) is 0 Å². The van der Waals surface area contributed by atoms with Gasteiger partial charge in [0.25, 0.3) is 0 Å². The molecule has 4 aromatic carbocycles. The van der Waals surface area contributed by atoms with E-state index < -0.39 is 0 Å². The van der Waals surface area contributed by atoms with Crippen molar-refractivity contribution >= 4 is 27.0 Å². The predicted molar refractivity (Wildman–Crippen MR) is 327 cm³/mol. The fraction of sp³-hybridized carbons (Fsp3) is 0.706. The van der Waals surface area contributed by atoms with Crippen molar-refractivity contribution in [1.82, 2.24) is 0 Å². The van der Waals surface area contributed by atoms with Crippen LogP contribution in [0.3, 0.4) is 0 Å². The molecule has 0 aliphatic carbocycles. The Labute approximate surface area is 530 Å². The van der Waals surface area contributed by atoms with Gasteiger partial charge in [0.05, 0.1) is 0 Å². The molecule has 4 rings (SSSR count). The normalized spacial score (nSPS) is 13.4. The average Bonchev–Trinajstić information content (AvgIpc) is 3.85. The predicted octanol–water partition coefficient (Wildman–Crippen LogP) is 21.2. The van der Waals surface area contributed by atoms with Crippen molar-refractivity contribution < 1.29 is 79.9 Å². The maximum Gasteiger partial charge on any atom is 4.00 e. The van der Waals surface area contributed by atoms with Crippen molar-refractivity contribution in [2.45, 2.75) is 314 Å². The topological polar surface area (TPSA) is 0 Å². The SMILES string of the molecule is CC(C)(C)c1cc(C(C)(C)C)[c-](C(C)(C)C)c1.CC(C)(C)c1cc(C(C)(C)C)[c-](C(C)(C)C)c1.CC(C)(C)c1cc(C(C)(C)C)[c-](C(C)(C)C)c1.CC(C)(C)c1cc(C(C)(C)C)[c-](C(C)(C)C)c1.[S-2].[S-2].[Th+4].[Th+4]. The van der Waals surface area contributed by atoms with Gasteiger partial charge in [-0.15, -0.1) is 22.3 Å². The smallest absolute Gasteiger partial charge is 2.00 e. The van der Waals surface area contributed by atoms with Gasteiger partial charge in [-0.3, -0.25) is 0 Å². The number of rotatable bonds is 0. The summed E-state index contributed by atoms with van der Waals surface area (Å²) < 4.78 is 0. The molecule has 0 aliphatic heterocycles. The molecule has 0 aliphatic rings. The Hall–Kier alpha value is 0.749. The molecule has 4 aromatic rings. The Morgan fingerprint density at radius 1 is 0.208 bits per heavy atom. The van der Waals surface area contributed by atoms with Crippen molar-refractivity contribution in [1.29, 1.82) is 0 Å². The van der Waals surface area contributed by atoms with Crippen LogP contribution in [0.25, 0.3) is 0 Å². The van der Waals surface area contributed by atoms with E-state index in [2.05, 4.69) is 298 Å². The van der Waals surface area contributed by atoms with Crippen molar-refractivity contribution in [3.8, 4) is 0 Å². The summed E-state index contributed by atoms with van der Waals surface area (Å²) in [5.41, 5.74) is 20.7. The molecule has 0 atom stereocenters. The molecule has 0 bridgehead atoms. The van der Waals surface area contributed by atoms with Crippen LogP contribution in [0.2, 0.25) is 0 Å². The van der Waals surface area contributed by atoms with Gasteiger partial charge in [0.15, 0.2) is 0 Å². The van der Waals surface area contributed by atoms with Gasteiger partial charge in [-0.2, -0.15) is 68.8 Å². The van der Waals surface area contributed by atoms with Gasteiger partial charge in [-0.05, 0) is 21.7 Å². The second-order valence-corrected chi connectivity index (χ2v) is 33.3. The molecular weight excluding hydrogens is 1340 g/mol. The van der Waals surface area contributed by atoms with Crippen LogP contribution >= 0.6 is 0 Å². The first-order valence-electron chi connectivity index (χ1n) is 26.6. The Morgan fingerprint density at radius 3 is 0.375 bits per heavy atom. The maximum absolute atomic E-state index is 2.42. The van der Waals surface area contributed by atoms with E-state index in [4.69, 9.17) is 0 Å². The third-order valence-corrected chi connectivity index (χ3v) is 13.5. The maximum atomic E-state index is 2.42. The van der Waals surface area contributed by atoms with Gasteiger partial charge in [0.2, 0.25) is 0 Å². The number of hydrogen-bond donors (Lipinski definition) is 0. The van der Waals surface area contributed by atoms with Gasteiger partial charge < -0.3 is 27.0 Å². The molecule has 72 heavy (non-hydrogen) atoms. The first kappa shape index (κ1) is 79.2. The molecule has 0 aromatic heterocycles. The van der Waals surface area contributed by atoms with E-state index in [9.17, 15) is 0 Å². The minimum atomic E-state index is 0. The van der Waals surface area contributed by atoms with E-state index in [0.29, 0.717) is 0 Å². The van der Waals surface area contributed by atoms with E-state index in [1.54, 1.807) is 0 Å². The quantitative estimate of drug-likeness (QED) is 0.154. The molecule has 0 nitrogen and oxygen atoms in total. The van der Waals surface area contributed by atoms with Crippen LogP contribution in [-0.2, 0) is 92.0 Å². The summed E-state index contributed by atoms with van der Waals surface area (Å²) in [6, 6.07) is 19.3. The molecule has 408 valence electrons. The third-order valence-electron chi connectivity index (χ3n) is 13.5. The molecule has 0 N–H and O–H groups in total. The van der Waals surface area contributed by atoms with E-state index in [1.807, 2.05) is 0 Å². The molecule has 0 amide bonds. The van der Waals surface area contributed by atoms with Gasteiger partial charge in [0, 0.05) is 0 Å². The van der Waals surface area contributed by atoms with Crippen molar-refractivity contribution in [2.24, 2.45) is 0 Å². The molecule has 0 saturated carbocycles. The van der Waals surface area contributed by atoms with Crippen LogP contribution in [0.5, 0.6) is 0 Å². The summed E-state index contributed by atoms with van der Waals surface area (Å²) in [6.07, 6.45) is 0. The fourth-order valence-corrected chi connectivity index (χ4v) is 8.73. The zero-order chi connectivity index (χ0) is 54.6. The molecular formula is C68H116S2Th2. The van der Waals surface area contributed by atoms with Crippen LogP contribution < -0.4 is 0 Å². The summed E-state index contributed by atoms with van der Waals surface area (Å²) in [5.74, 6) is 0. The minimum Gasteiger partial charge on any atom is -2.00 e. The Morgan fingerprint density at radius 2 is 0.319 bits per heavy atom. The average molecular weight is 1460 g/mol. The van der Waals surface area contributed by atoms with Gasteiger partial charge in [-0.1, -0.05) is 293 Å². The molecule has 0 fully saturated rings. The fourth-order valence-electron chi connectivity index (χ4n) is 8.73. The van der Waals surface area contributed by atoms with Gasteiger partial charge >= 0.3 is 79.9 Å². The van der Waals surface area contributed by atoms with E-state index in [-0.39, 0.29) is 172 Å². The molecule has 0 radical (unpaired) electrons. The zero-order valence-corrected chi connectivity index (χ0v) is 64.3. The minimum absolute atomic E-state index is 0. The number of hydrogen-bond acceptors (Lipinski definition) is 0. The second kappa shape index (κ2) is 26.3. The zero-order valence-electron chi connectivity index (χ0n) is 54.4. The van der Waals surface area contributed by atoms with E-state index in [0.717, 1.165) is 0 Å². The van der Waals surface area contributed by atoms with Crippen molar-refractivity contribution in [2.75, 3.05) is 0 Å². The van der Waals surface area contributed by atoms with Crippen LogP contribution in [0.1, 0.15) is 316 Å². The summed E-state index contributed by atoms with van der Waals surface area (Å²) in [5, 5.41) is 0. The van der Waals surface area contributed by atoms with Crippen LogP contribution in [0.4, 0.5) is 0 Å². The standard InChI is InChI=1S/4C17H29.2S.2Th/c4*1-15(2,3)12-10-13(16(4,5)6)14(11-12)17(7,8)9;;;;/h4*10-11H,1-9H3;;;;/q4*-1;2*-2;2*+4. The summed E-state index contributed by atoms with van der Waals surface area (Å²) in [7, 11) is 0. The summed E-state index contributed by atoms with van der Waals surface area (Å²) >= 11 is 0. The molecule has 4 heteroatoms. The van der Waals surface area contributed by atoms with Crippen LogP contribution in [0, 0.1) is 79.9 Å². The van der Waals surface area contributed by atoms with Crippen molar-refractivity contribution in [3.63, 3.8) is 0 Å². The monoisotopic (exact) mass is 1460 g/mol. The summed E-state index contributed by atoms with van der Waals surface area (Å²) in [4.78, 5) is 0. The third kappa shape index (κ3) is 23.6. The first-order chi connectivity index (χ1) is 29.3. The first-order valence-corrected chi connectivity index (χ1v) is 26.6. The second-order valence-electron chi connectivity index (χ2n) is 33.3. The van der Waals surface area contributed by atoms with E-state index >= 15 is 0 Å².